The van der Waals surface area contributed by atoms with Gasteiger partial charge >= 0.3 is 6.61 Å². The molecule has 1 saturated carbocycles. The monoisotopic (exact) mass is 392 g/mol. The lowest BCUT2D eigenvalue weighted by atomic mass is 10.1. The normalized spacial score (nSPS) is 15.1. The lowest BCUT2D eigenvalue weighted by Crippen LogP contribution is -2.37. The smallest absolute Gasteiger partial charge is 0.387 e. The SMILES string of the molecule is COc1cccc(C(=O)NCCNC2CCCCCC2)c1OC(F)F.Cl. The molecule has 1 aliphatic carbocycles. The zero-order chi connectivity index (χ0) is 18.1. The summed E-state index contributed by atoms with van der Waals surface area (Å²) in [4.78, 5) is 12.3. The van der Waals surface area contributed by atoms with E-state index < -0.39 is 12.5 Å². The van der Waals surface area contributed by atoms with E-state index >= 15 is 0 Å². The first-order valence-corrected chi connectivity index (χ1v) is 8.75. The Hall–Kier alpha value is -1.60. The predicted octanol–water partition coefficient (Wildman–Crippen LogP) is 3.76. The van der Waals surface area contributed by atoms with Gasteiger partial charge in [-0.2, -0.15) is 8.78 Å². The molecule has 26 heavy (non-hydrogen) atoms. The number of hydrogen-bond acceptors (Lipinski definition) is 4. The van der Waals surface area contributed by atoms with Crippen LogP contribution in [-0.2, 0) is 0 Å². The molecule has 0 aromatic heterocycles. The van der Waals surface area contributed by atoms with Gasteiger partial charge in [0, 0.05) is 19.1 Å². The fourth-order valence-electron chi connectivity index (χ4n) is 3.10. The third kappa shape index (κ3) is 6.96. The highest BCUT2D eigenvalue weighted by atomic mass is 35.5. The minimum Gasteiger partial charge on any atom is -0.493 e. The van der Waals surface area contributed by atoms with Crippen LogP contribution in [0.4, 0.5) is 8.78 Å². The molecule has 0 atom stereocenters. The van der Waals surface area contributed by atoms with Crippen molar-refractivity contribution in [3.05, 3.63) is 23.8 Å². The quantitative estimate of drug-likeness (QED) is 0.522. The number of amides is 1. The first-order valence-electron chi connectivity index (χ1n) is 8.75. The number of methoxy groups -OCH3 is 1. The van der Waals surface area contributed by atoms with Gasteiger partial charge in [0.2, 0.25) is 0 Å². The molecular weight excluding hydrogens is 366 g/mol. The van der Waals surface area contributed by atoms with Crippen molar-refractivity contribution in [2.24, 2.45) is 0 Å². The van der Waals surface area contributed by atoms with Crippen molar-refractivity contribution < 1.29 is 23.0 Å². The molecule has 0 aliphatic heterocycles. The lowest BCUT2D eigenvalue weighted by molar-refractivity contribution is -0.0515. The Bertz CT molecular complexity index is 553. The van der Waals surface area contributed by atoms with Crippen molar-refractivity contribution in [1.82, 2.24) is 10.6 Å². The van der Waals surface area contributed by atoms with Gasteiger partial charge in [0.25, 0.3) is 5.91 Å². The van der Waals surface area contributed by atoms with E-state index in [0.717, 1.165) is 12.8 Å². The number of para-hydroxylation sites is 1. The van der Waals surface area contributed by atoms with E-state index in [1.165, 1.54) is 44.9 Å². The minimum absolute atomic E-state index is 0. The number of ether oxygens (including phenoxy) is 2. The van der Waals surface area contributed by atoms with Crippen molar-refractivity contribution in [3.63, 3.8) is 0 Å². The standard InChI is InChI=1S/C18H26F2N2O3.ClH/c1-24-15-10-6-9-14(16(15)25-18(19)20)17(23)22-12-11-21-13-7-4-2-3-5-8-13;/h6,9-10,13,18,21H,2-5,7-8,11-12H2,1H3,(H,22,23);1H. The molecule has 0 spiro atoms. The molecule has 1 aromatic carbocycles. The Kier molecular flexibility index (Phi) is 10.3. The van der Waals surface area contributed by atoms with Crippen LogP contribution in [0.5, 0.6) is 11.5 Å². The van der Waals surface area contributed by atoms with Crippen LogP contribution < -0.4 is 20.1 Å². The molecule has 1 aliphatic rings. The van der Waals surface area contributed by atoms with Crippen LogP contribution in [0, 0.1) is 0 Å². The molecule has 1 fully saturated rings. The first kappa shape index (κ1) is 22.4. The van der Waals surface area contributed by atoms with Crippen molar-refractivity contribution >= 4 is 18.3 Å². The van der Waals surface area contributed by atoms with Gasteiger partial charge in [-0.05, 0) is 25.0 Å². The summed E-state index contributed by atoms with van der Waals surface area (Å²) in [5.74, 6) is -0.601. The van der Waals surface area contributed by atoms with Crippen LogP contribution >= 0.6 is 12.4 Å². The zero-order valence-corrected chi connectivity index (χ0v) is 15.7. The highest BCUT2D eigenvalue weighted by molar-refractivity contribution is 5.97. The Balaban J connectivity index is 0.00000338. The summed E-state index contributed by atoms with van der Waals surface area (Å²) >= 11 is 0. The average Bonchev–Trinajstić information content (AvgIpc) is 2.87. The minimum atomic E-state index is -3.03. The van der Waals surface area contributed by atoms with Gasteiger partial charge in [-0.15, -0.1) is 12.4 Å². The average molecular weight is 393 g/mol. The van der Waals surface area contributed by atoms with Crippen molar-refractivity contribution in [2.75, 3.05) is 20.2 Å². The lowest BCUT2D eigenvalue weighted by Gasteiger charge is -2.17. The number of rotatable bonds is 8. The number of benzene rings is 1. The molecule has 148 valence electrons. The first-order chi connectivity index (χ1) is 12.1. The van der Waals surface area contributed by atoms with Gasteiger partial charge in [-0.3, -0.25) is 4.79 Å². The van der Waals surface area contributed by atoms with E-state index in [2.05, 4.69) is 15.4 Å². The van der Waals surface area contributed by atoms with Crippen LogP contribution in [0.3, 0.4) is 0 Å². The van der Waals surface area contributed by atoms with Gasteiger partial charge < -0.3 is 20.1 Å². The number of halogens is 3. The number of carbonyl (C=O) groups is 1. The Morgan fingerprint density at radius 3 is 2.50 bits per heavy atom. The molecule has 2 rings (SSSR count). The van der Waals surface area contributed by atoms with E-state index in [1.54, 1.807) is 6.07 Å². The second kappa shape index (κ2) is 11.9. The van der Waals surface area contributed by atoms with E-state index in [9.17, 15) is 13.6 Å². The summed E-state index contributed by atoms with van der Waals surface area (Å²) in [7, 11) is 1.34. The summed E-state index contributed by atoms with van der Waals surface area (Å²) in [6, 6.07) is 4.97. The molecule has 0 bridgehead atoms. The summed E-state index contributed by atoms with van der Waals surface area (Å²) in [6.45, 7) is -1.97. The highest BCUT2D eigenvalue weighted by Crippen LogP contribution is 2.32. The second-order valence-electron chi connectivity index (χ2n) is 6.11. The fourth-order valence-corrected chi connectivity index (χ4v) is 3.10. The number of hydrogen-bond donors (Lipinski definition) is 2. The van der Waals surface area contributed by atoms with Gasteiger partial charge in [0.15, 0.2) is 11.5 Å². The summed E-state index contributed by atoms with van der Waals surface area (Å²) < 4.78 is 34.7. The number of alkyl halides is 2. The number of carbonyl (C=O) groups excluding carboxylic acids is 1. The maximum absolute atomic E-state index is 12.6. The third-order valence-electron chi connectivity index (χ3n) is 4.35. The van der Waals surface area contributed by atoms with Crippen molar-refractivity contribution in [1.29, 1.82) is 0 Å². The van der Waals surface area contributed by atoms with E-state index in [0.29, 0.717) is 19.1 Å². The Morgan fingerprint density at radius 2 is 1.88 bits per heavy atom. The summed E-state index contributed by atoms with van der Waals surface area (Å²) in [5.41, 5.74) is 0.0362. The summed E-state index contributed by atoms with van der Waals surface area (Å²) in [6.07, 6.45) is 7.38. The molecule has 0 heterocycles. The zero-order valence-electron chi connectivity index (χ0n) is 14.9. The molecule has 1 amide bonds. The van der Waals surface area contributed by atoms with Crippen LogP contribution in [0.25, 0.3) is 0 Å². The highest BCUT2D eigenvalue weighted by Gasteiger charge is 2.20. The van der Waals surface area contributed by atoms with Crippen LogP contribution in [0.15, 0.2) is 18.2 Å². The third-order valence-corrected chi connectivity index (χ3v) is 4.35. The predicted molar refractivity (Wildman–Crippen MR) is 98.7 cm³/mol. The van der Waals surface area contributed by atoms with Crippen molar-refractivity contribution in [2.45, 2.75) is 51.2 Å². The van der Waals surface area contributed by atoms with Crippen LogP contribution in [0.2, 0.25) is 0 Å². The molecule has 5 nitrogen and oxygen atoms in total. The molecule has 0 saturated heterocycles. The fraction of sp³-hybridized carbons (Fsp3) is 0.611. The second-order valence-corrected chi connectivity index (χ2v) is 6.11. The molecule has 8 heteroatoms. The van der Waals surface area contributed by atoms with E-state index in [1.807, 2.05) is 0 Å². The van der Waals surface area contributed by atoms with Gasteiger partial charge in [0.05, 0.1) is 12.7 Å². The van der Waals surface area contributed by atoms with Crippen LogP contribution in [-0.4, -0.2) is 38.8 Å². The molecular formula is C18H27ClF2N2O3. The van der Waals surface area contributed by atoms with E-state index in [4.69, 9.17) is 4.74 Å². The Morgan fingerprint density at radius 1 is 1.19 bits per heavy atom. The number of nitrogens with one attached hydrogen (secondary N) is 2. The maximum atomic E-state index is 12.6. The Labute approximate surface area is 159 Å². The topological polar surface area (TPSA) is 59.6 Å². The van der Waals surface area contributed by atoms with Gasteiger partial charge in [0.1, 0.15) is 0 Å². The van der Waals surface area contributed by atoms with Gasteiger partial charge in [-0.1, -0.05) is 31.7 Å². The van der Waals surface area contributed by atoms with Crippen LogP contribution in [0.1, 0.15) is 48.9 Å². The summed E-state index contributed by atoms with van der Waals surface area (Å²) in [5, 5.41) is 6.18. The van der Waals surface area contributed by atoms with E-state index in [-0.39, 0.29) is 29.5 Å². The largest absolute Gasteiger partial charge is 0.493 e. The molecule has 2 N–H and O–H groups in total. The molecule has 0 radical (unpaired) electrons. The molecule has 0 unspecified atom stereocenters. The van der Waals surface area contributed by atoms with Gasteiger partial charge in [-0.25, -0.2) is 0 Å². The molecule has 1 aromatic rings. The maximum Gasteiger partial charge on any atom is 0.387 e. The van der Waals surface area contributed by atoms with Crippen molar-refractivity contribution in [3.8, 4) is 11.5 Å².